The van der Waals surface area contributed by atoms with Crippen LogP contribution in [-0.4, -0.2) is 87.0 Å². The minimum Gasteiger partial charge on any atom is -0.383 e. The third-order valence-corrected chi connectivity index (χ3v) is 8.32. The maximum Gasteiger partial charge on any atom is 0.317 e. The van der Waals surface area contributed by atoms with Gasteiger partial charge in [0.25, 0.3) is 0 Å². The van der Waals surface area contributed by atoms with Crippen molar-refractivity contribution in [3.8, 4) is 0 Å². The molecule has 3 aliphatic rings. The van der Waals surface area contributed by atoms with Crippen LogP contribution in [-0.2, 0) is 25.9 Å². The van der Waals surface area contributed by atoms with Crippen molar-refractivity contribution in [2.45, 2.75) is 29.8 Å². The first-order valence-electron chi connectivity index (χ1n) is 9.77. The van der Waals surface area contributed by atoms with Crippen molar-refractivity contribution in [2.75, 3.05) is 46.4 Å². The second-order valence-corrected chi connectivity index (χ2v) is 10.0. The predicted octanol–water partition coefficient (Wildman–Crippen LogP) is 0.582. The van der Waals surface area contributed by atoms with Gasteiger partial charge in [-0.15, -0.1) is 0 Å². The lowest BCUT2D eigenvalue weighted by Gasteiger charge is -2.39. The molecule has 3 saturated heterocycles. The number of morpholine rings is 1. The zero-order chi connectivity index (χ0) is 20.6. The van der Waals surface area contributed by atoms with Gasteiger partial charge in [-0.25, -0.2) is 17.6 Å². The van der Waals surface area contributed by atoms with Gasteiger partial charge in [0.2, 0.25) is 10.0 Å². The van der Waals surface area contributed by atoms with E-state index in [1.807, 2.05) is 0 Å². The number of hydrogen-bond acceptors (Lipinski definition) is 5. The third kappa shape index (κ3) is 3.86. The number of methoxy groups -OCH3 is 1. The Morgan fingerprint density at radius 3 is 2.83 bits per heavy atom. The van der Waals surface area contributed by atoms with E-state index < -0.39 is 20.9 Å². The molecule has 0 aromatic heterocycles. The number of nitrogens with zero attached hydrogens (tertiary/aromatic N) is 2. The number of carbonyl (C=O) groups excluding carboxylic acids is 1. The van der Waals surface area contributed by atoms with Crippen molar-refractivity contribution in [1.29, 1.82) is 0 Å². The minimum absolute atomic E-state index is 0.229. The van der Waals surface area contributed by atoms with Crippen LogP contribution in [0.15, 0.2) is 24.3 Å². The Hall–Kier alpha value is -1.75. The highest BCUT2D eigenvalue weighted by atomic mass is 32.2. The van der Waals surface area contributed by atoms with Crippen LogP contribution in [0.5, 0.6) is 0 Å². The largest absolute Gasteiger partial charge is 0.383 e. The van der Waals surface area contributed by atoms with Crippen LogP contribution >= 0.6 is 0 Å². The van der Waals surface area contributed by atoms with E-state index in [1.165, 1.54) is 23.5 Å². The number of benzene rings is 1. The van der Waals surface area contributed by atoms with Gasteiger partial charge >= 0.3 is 6.03 Å². The summed E-state index contributed by atoms with van der Waals surface area (Å²) in [6.07, 6.45) is 0.730. The molecule has 3 fully saturated rings. The molecule has 4 rings (SSSR count). The van der Waals surface area contributed by atoms with Crippen molar-refractivity contribution in [1.82, 2.24) is 14.5 Å². The molecule has 160 valence electrons. The number of sulfonamides is 1. The molecule has 3 atom stereocenters. The van der Waals surface area contributed by atoms with Crippen molar-refractivity contribution < 1.29 is 27.1 Å². The van der Waals surface area contributed by atoms with Gasteiger partial charge in [-0.3, -0.25) is 0 Å². The van der Waals surface area contributed by atoms with E-state index in [4.69, 9.17) is 9.47 Å². The Balaban J connectivity index is 1.37. The molecule has 1 aromatic carbocycles. The average molecular weight is 427 g/mol. The number of ether oxygens (including phenoxy) is 2. The van der Waals surface area contributed by atoms with Crippen molar-refractivity contribution in [3.05, 3.63) is 35.6 Å². The average Bonchev–Trinajstić information content (AvgIpc) is 3.06. The van der Waals surface area contributed by atoms with Gasteiger partial charge in [0, 0.05) is 33.3 Å². The van der Waals surface area contributed by atoms with Gasteiger partial charge < -0.3 is 19.7 Å². The molecule has 0 radical (unpaired) electrons. The number of hydrogen-bond donors (Lipinski definition) is 1. The van der Waals surface area contributed by atoms with Crippen LogP contribution in [0, 0.1) is 5.82 Å². The highest BCUT2D eigenvalue weighted by Crippen LogP contribution is 2.46. The van der Waals surface area contributed by atoms with Crippen LogP contribution < -0.4 is 5.32 Å². The fourth-order valence-electron chi connectivity index (χ4n) is 4.58. The summed E-state index contributed by atoms with van der Waals surface area (Å²) in [5.74, 6) is -0.290. The van der Waals surface area contributed by atoms with Gasteiger partial charge in [0.05, 0.1) is 19.3 Å². The van der Waals surface area contributed by atoms with Crippen LogP contribution in [0.4, 0.5) is 9.18 Å². The molecule has 29 heavy (non-hydrogen) atoms. The number of amides is 2. The monoisotopic (exact) mass is 427 g/mol. The fourth-order valence-corrected chi connectivity index (χ4v) is 6.87. The van der Waals surface area contributed by atoms with Gasteiger partial charge in [-0.2, -0.15) is 4.31 Å². The normalized spacial score (nSPS) is 30.3. The van der Waals surface area contributed by atoms with E-state index in [-0.39, 0.29) is 37.6 Å². The van der Waals surface area contributed by atoms with E-state index >= 15 is 0 Å². The second-order valence-electron chi connectivity index (χ2n) is 7.89. The van der Waals surface area contributed by atoms with Crippen LogP contribution in [0.1, 0.15) is 12.0 Å². The number of urea groups is 1. The van der Waals surface area contributed by atoms with Crippen LogP contribution in [0.3, 0.4) is 0 Å². The molecule has 1 aromatic rings. The maximum absolute atomic E-state index is 13.0. The fraction of sp³-hybridized carbons (Fsp3) is 0.632. The van der Waals surface area contributed by atoms with Gasteiger partial charge in [-0.1, -0.05) is 12.1 Å². The number of fused-ring (bicyclic) bond motifs is 1. The van der Waals surface area contributed by atoms with Crippen molar-refractivity contribution in [2.24, 2.45) is 0 Å². The number of halogens is 1. The van der Waals surface area contributed by atoms with Crippen molar-refractivity contribution >= 4 is 16.1 Å². The lowest BCUT2D eigenvalue weighted by molar-refractivity contribution is -0.0958. The Morgan fingerprint density at radius 2 is 2.10 bits per heavy atom. The summed E-state index contributed by atoms with van der Waals surface area (Å²) in [6.45, 7) is 1.90. The zero-order valence-corrected chi connectivity index (χ0v) is 17.2. The Labute approximate surface area is 170 Å². The zero-order valence-electron chi connectivity index (χ0n) is 16.3. The molecule has 1 spiro atoms. The Kier molecular flexibility index (Phi) is 5.54. The highest BCUT2D eigenvalue weighted by molar-refractivity contribution is 7.90. The minimum atomic E-state index is -3.47. The maximum atomic E-state index is 13.0. The molecule has 3 heterocycles. The van der Waals surface area contributed by atoms with Crippen LogP contribution in [0.25, 0.3) is 0 Å². The highest BCUT2D eigenvalue weighted by Gasteiger charge is 2.65. The number of carbonyl (C=O) groups is 1. The van der Waals surface area contributed by atoms with E-state index in [1.54, 1.807) is 17.0 Å². The van der Waals surface area contributed by atoms with Gasteiger partial charge in [0.1, 0.15) is 16.7 Å². The first-order valence-corrected chi connectivity index (χ1v) is 11.3. The van der Waals surface area contributed by atoms with Crippen molar-refractivity contribution in [3.63, 3.8) is 0 Å². The quantitative estimate of drug-likeness (QED) is 0.718. The summed E-state index contributed by atoms with van der Waals surface area (Å²) < 4.78 is 51.3. The molecule has 0 aliphatic carbocycles. The number of likely N-dealkylation sites (tertiary alicyclic amines) is 1. The topological polar surface area (TPSA) is 88.2 Å². The lowest BCUT2D eigenvalue weighted by Crippen LogP contribution is -2.58. The summed E-state index contributed by atoms with van der Waals surface area (Å²) >= 11 is 0. The van der Waals surface area contributed by atoms with E-state index in [2.05, 4.69) is 5.32 Å². The van der Waals surface area contributed by atoms with E-state index in [0.29, 0.717) is 32.5 Å². The standard InChI is InChI=1S/C19H26FN3O5S/c1-27-9-8-23-13-19-12-22(11-16(28-19)10-17(19)29(23,25)26)18(24)21-7-6-14-2-4-15(20)5-3-14/h2-5,16-17H,6-13H2,1H3,(H,21,24)/t16-,17+,19+/m1/s1. The molecule has 8 nitrogen and oxygen atoms in total. The molecule has 3 aliphatic heterocycles. The lowest BCUT2D eigenvalue weighted by atomic mass is 9.99. The van der Waals surface area contributed by atoms with Gasteiger partial charge in [0.15, 0.2) is 0 Å². The molecule has 0 saturated carbocycles. The van der Waals surface area contributed by atoms with Gasteiger partial charge in [-0.05, 0) is 30.5 Å². The summed E-state index contributed by atoms with van der Waals surface area (Å²) in [5.41, 5.74) is 0.0622. The Morgan fingerprint density at radius 1 is 1.34 bits per heavy atom. The number of rotatable bonds is 6. The summed E-state index contributed by atoms with van der Waals surface area (Å²) in [6, 6.07) is 5.95. The molecule has 0 unspecified atom stereocenters. The molecule has 2 bridgehead atoms. The van der Waals surface area contributed by atoms with Crippen LogP contribution in [0.2, 0.25) is 0 Å². The molecule has 10 heteroatoms. The SMILES string of the molecule is COCCN1C[C@@]23CN(C(=O)NCCc4ccc(F)cc4)C[C@@H](C[C@@H]2S1(=O)=O)O3. The second kappa shape index (κ2) is 7.82. The molecular weight excluding hydrogens is 401 g/mol. The Bertz CT molecular complexity index is 865. The first-order chi connectivity index (χ1) is 13.8. The molecule has 1 N–H and O–H groups in total. The molecular formula is C19H26FN3O5S. The van der Waals surface area contributed by atoms with E-state index in [9.17, 15) is 17.6 Å². The predicted molar refractivity (Wildman–Crippen MR) is 103 cm³/mol. The first kappa shape index (κ1) is 20.5. The summed E-state index contributed by atoms with van der Waals surface area (Å²) in [7, 11) is -1.93. The van der Waals surface area contributed by atoms with E-state index in [0.717, 1.165) is 5.56 Å². The summed E-state index contributed by atoms with van der Waals surface area (Å²) in [5, 5.41) is 2.26. The summed E-state index contributed by atoms with van der Waals surface area (Å²) in [4.78, 5) is 14.3. The third-order valence-electron chi connectivity index (χ3n) is 5.95. The smallest absolute Gasteiger partial charge is 0.317 e. The molecule has 2 amide bonds. The number of nitrogens with one attached hydrogen (secondary N) is 1.